The van der Waals surface area contributed by atoms with Crippen molar-refractivity contribution >= 4 is 6.09 Å². The van der Waals surface area contributed by atoms with Gasteiger partial charge < -0.3 is 24.1 Å². The third-order valence-corrected chi connectivity index (χ3v) is 3.87. The first-order valence-electron chi connectivity index (χ1n) is 8.56. The van der Waals surface area contributed by atoms with E-state index in [1.807, 2.05) is 13.8 Å². The molecule has 25 heavy (non-hydrogen) atoms. The van der Waals surface area contributed by atoms with E-state index < -0.39 is 41.8 Å². The minimum absolute atomic E-state index is 0.0316. The molecule has 0 bridgehead atoms. The molecule has 0 unspecified atom stereocenters. The van der Waals surface area contributed by atoms with Gasteiger partial charge in [0.25, 0.3) is 0 Å². The monoisotopic (exact) mass is 359 g/mol. The molecule has 0 radical (unpaired) electrons. The highest BCUT2D eigenvalue weighted by molar-refractivity contribution is 5.70. The molecular formula is C18H33NO6. The molecule has 1 N–H and O–H groups in total. The molecule has 1 heterocycles. The van der Waals surface area contributed by atoms with Crippen molar-refractivity contribution in [3.63, 3.8) is 0 Å². The Morgan fingerprint density at radius 2 is 2.00 bits per heavy atom. The minimum Gasteiger partial charge on any atom is -0.444 e. The van der Waals surface area contributed by atoms with Gasteiger partial charge in [0.2, 0.25) is 0 Å². The molecule has 7 nitrogen and oxygen atoms in total. The van der Waals surface area contributed by atoms with Crippen molar-refractivity contribution in [3.8, 4) is 0 Å². The van der Waals surface area contributed by atoms with Gasteiger partial charge in [-0.15, -0.1) is 0 Å². The smallest absolute Gasteiger partial charge is 0.413 e. The van der Waals surface area contributed by atoms with Gasteiger partial charge in [0.1, 0.15) is 30.3 Å². The quantitative estimate of drug-likeness (QED) is 0.580. The first kappa shape index (κ1) is 21.9. The normalized spacial score (nSPS) is 26.0. The Bertz CT molecular complexity index is 471. The number of allylic oxidation sites excluding steroid dienone is 1. The maximum absolute atomic E-state index is 12.8. The van der Waals surface area contributed by atoms with Crippen molar-refractivity contribution in [1.29, 1.82) is 0 Å². The first-order chi connectivity index (χ1) is 11.4. The lowest BCUT2D eigenvalue weighted by atomic mass is 9.99. The molecule has 1 amide bonds. The molecule has 4 atom stereocenters. The van der Waals surface area contributed by atoms with E-state index >= 15 is 0 Å². The van der Waals surface area contributed by atoms with Crippen molar-refractivity contribution in [2.45, 2.75) is 84.1 Å². The van der Waals surface area contributed by atoms with Crippen LogP contribution in [0, 0.1) is 0 Å². The predicted octanol–water partition coefficient (Wildman–Crippen LogP) is 2.67. The van der Waals surface area contributed by atoms with Crippen LogP contribution in [0.25, 0.3) is 0 Å². The molecule has 1 aliphatic heterocycles. The summed E-state index contributed by atoms with van der Waals surface area (Å²) in [5.74, 6) is 0. The van der Waals surface area contributed by atoms with E-state index in [-0.39, 0.29) is 6.79 Å². The van der Waals surface area contributed by atoms with Crippen LogP contribution in [0.2, 0.25) is 0 Å². The lowest BCUT2D eigenvalue weighted by Crippen LogP contribution is -2.56. The summed E-state index contributed by atoms with van der Waals surface area (Å²) in [6.07, 6.45) is 0.950. The van der Waals surface area contributed by atoms with Gasteiger partial charge >= 0.3 is 6.09 Å². The molecule has 0 aliphatic carbocycles. The average molecular weight is 359 g/mol. The number of carbonyl (C=O) groups is 1. The van der Waals surface area contributed by atoms with Gasteiger partial charge in [-0.1, -0.05) is 12.2 Å². The van der Waals surface area contributed by atoms with E-state index in [9.17, 15) is 9.90 Å². The largest absolute Gasteiger partial charge is 0.444 e. The van der Waals surface area contributed by atoms with Crippen molar-refractivity contribution in [1.82, 2.24) is 4.90 Å². The highest BCUT2D eigenvalue weighted by Crippen LogP contribution is 2.36. The van der Waals surface area contributed by atoms with Crippen LogP contribution in [0.4, 0.5) is 4.79 Å². The SMILES string of the molecule is C/C=C/[C@H](OCOC)[C@@H](O)[C@H]1[C@H](C)OC(C)(C)N1C(=O)OC(C)(C)C. The van der Waals surface area contributed by atoms with E-state index in [1.165, 1.54) is 12.0 Å². The number of methoxy groups -OCH3 is 1. The topological polar surface area (TPSA) is 77.5 Å². The van der Waals surface area contributed by atoms with E-state index in [0.717, 1.165) is 0 Å². The first-order valence-corrected chi connectivity index (χ1v) is 8.56. The fourth-order valence-electron chi connectivity index (χ4n) is 3.03. The number of rotatable bonds is 6. The number of carbonyl (C=O) groups excluding carboxylic acids is 1. The van der Waals surface area contributed by atoms with Gasteiger partial charge in [-0.25, -0.2) is 4.79 Å². The Morgan fingerprint density at radius 3 is 2.48 bits per heavy atom. The lowest BCUT2D eigenvalue weighted by molar-refractivity contribution is -0.112. The van der Waals surface area contributed by atoms with Crippen molar-refractivity contribution in [3.05, 3.63) is 12.2 Å². The number of hydrogen-bond donors (Lipinski definition) is 1. The van der Waals surface area contributed by atoms with Crippen LogP contribution in [0.1, 0.15) is 48.5 Å². The second kappa shape index (κ2) is 8.49. The van der Waals surface area contributed by atoms with E-state index in [0.29, 0.717) is 0 Å². The van der Waals surface area contributed by atoms with Crippen LogP contribution in [0.15, 0.2) is 12.2 Å². The Morgan fingerprint density at radius 1 is 1.40 bits per heavy atom. The molecule has 0 spiro atoms. The number of ether oxygens (including phenoxy) is 4. The Hall–Kier alpha value is -1.15. The summed E-state index contributed by atoms with van der Waals surface area (Å²) in [5.41, 5.74) is -1.56. The fraction of sp³-hybridized carbons (Fsp3) is 0.833. The number of amides is 1. The van der Waals surface area contributed by atoms with Crippen molar-refractivity contribution in [2.75, 3.05) is 13.9 Å². The summed E-state index contributed by atoms with van der Waals surface area (Å²) in [4.78, 5) is 14.2. The van der Waals surface area contributed by atoms with Gasteiger partial charge in [0.05, 0.1) is 12.1 Å². The molecular weight excluding hydrogens is 326 g/mol. The molecule has 146 valence electrons. The standard InChI is InChI=1S/C18H33NO6/c1-9-10-13(23-11-22-8)15(20)14-12(2)24-18(6,7)19(14)16(21)25-17(3,4)5/h9-10,12-15,20H,11H2,1-8H3/b10-9+/t12-,13-,14+,15+/m0/s1. The highest BCUT2D eigenvalue weighted by Gasteiger charge is 2.53. The predicted molar refractivity (Wildman–Crippen MR) is 94.1 cm³/mol. The van der Waals surface area contributed by atoms with Gasteiger partial charge in [-0.2, -0.15) is 0 Å². The third-order valence-electron chi connectivity index (χ3n) is 3.87. The second-order valence-electron chi connectivity index (χ2n) is 7.66. The second-order valence-corrected chi connectivity index (χ2v) is 7.66. The van der Waals surface area contributed by atoms with Crippen molar-refractivity contribution in [2.24, 2.45) is 0 Å². The Kier molecular flexibility index (Phi) is 7.43. The van der Waals surface area contributed by atoms with Crippen LogP contribution in [-0.4, -0.2) is 65.7 Å². The zero-order valence-electron chi connectivity index (χ0n) is 16.6. The molecule has 1 aliphatic rings. The number of aliphatic hydroxyl groups excluding tert-OH is 1. The molecule has 1 rings (SSSR count). The van der Waals surface area contributed by atoms with Crippen LogP contribution in [-0.2, 0) is 18.9 Å². The Labute approximate surface area is 150 Å². The van der Waals surface area contributed by atoms with Gasteiger partial charge in [0.15, 0.2) is 0 Å². The van der Waals surface area contributed by atoms with Crippen LogP contribution >= 0.6 is 0 Å². The van der Waals surface area contributed by atoms with Crippen LogP contribution < -0.4 is 0 Å². The van der Waals surface area contributed by atoms with Crippen molar-refractivity contribution < 1.29 is 28.8 Å². The zero-order valence-corrected chi connectivity index (χ0v) is 16.6. The molecule has 7 heteroatoms. The van der Waals surface area contributed by atoms with E-state index in [4.69, 9.17) is 18.9 Å². The van der Waals surface area contributed by atoms with Crippen LogP contribution in [0.5, 0.6) is 0 Å². The van der Waals surface area contributed by atoms with Gasteiger partial charge in [0, 0.05) is 7.11 Å². The number of nitrogens with zero attached hydrogens (tertiary/aromatic N) is 1. The summed E-state index contributed by atoms with van der Waals surface area (Å²) < 4.78 is 21.9. The molecule has 1 fully saturated rings. The summed E-state index contributed by atoms with van der Waals surface area (Å²) in [5, 5.41) is 10.9. The average Bonchev–Trinajstić information content (AvgIpc) is 2.69. The molecule has 0 aromatic rings. The number of hydrogen-bond acceptors (Lipinski definition) is 6. The van der Waals surface area contributed by atoms with Gasteiger partial charge in [-0.05, 0) is 48.5 Å². The molecule has 0 aromatic heterocycles. The Balaban J connectivity index is 3.11. The van der Waals surface area contributed by atoms with E-state index in [2.05, 4.69) is 0 Å². The summed E-state index contributed by atoms with van der Waals surface area (Å²) in [7, 11) is 1.51. The summed E-state index contributed by atoms with van der Waals surface area (Å²) in [6.45, 7) is 12.6. The van der Waals surface area contributed by atoms with Crippen LogP contribution in [0.3, 0.4) is 0 Å². The highest BCUT2D eigenvalue weighted by atomic mass is 16.7. The number of aliphatic hydroxyl groups is 1. The summed E-state index contributed by atoms with van der Waals surface area (Å²) in [6, 6.07) is -0.622. The molecule has 0 aromatic carbocycles. The van der Waals surface area contributed by atoms with E-state index in [1.54, 1.807) is 46.8 Å². The minimum atomic E-state index is -1.00. The van der Waals surface area contributed by atoms with Gasteiger partial charge in [-0.3, -0.25) is 4.90 Å². The zero-order chi connectivity index (χ0) is 19.4. The fourth-order valence-corrected chi connectivity index (χ4v) is 3.03. The molecule has 0 saturated carbocycles. The maximum Gasteiger partial charge on any atom is 0.413 e. The maximum atomic E-state index is 12.8. The lowest BCUT2D eigenvalue weighted by Gasteiger charge is -2.38. The summed E-state index contributed by atoms with van der Waals surface area (Å²) >= 11 is 0. The molecule has 1 saturated heterocycles. The third kappa shape index (κ3) is 5.67.